The number of thioether (sulfide) groups is 1. The number of halogens is 1. The van der Waals surface area contributed by atoms with Gasteiger partial charge >= 0.3 is 5.97 Å². The monoisotopic (exact) mass is 1450 g/mol. The van der Waals surface area contributed by atoms with Crippen molar-refractivity contribution in [2.45, 2.75) is 219 Å². The standard InChI is InChI=1S/C65H87IN2O21S3/c1-11-67-40-30-82-46(25-44(40)77-6)87-58-53(73)51(68-89-47-24-41(69)60(34(5)83-47)91-61(75)48-31(2)50(66)56(59(81-10)55(48)79-8)88-62-54(74)57(80-9)52(72)33(4)85-62)32(3)84-63(58)86-43-16-14-12-13-15-18-65(76)29-42(70)38(23-45(71)78-7)49(43)39(65)17-19-90-92-64-26-35-20-36(27-64)22-37(21-35)28-64/h12-13,17,32-37,40-41,43-44,46-47,51-54,57-58,60,62-63,67-69,72-74,76H,11,19-30H2,1-10H3/b13-12-,39-17+/t32-,33+,34-,35?,36?,37?,40+,41+,43+,44+,46+,47+,51-,52+,53+,54-,57-,58-,60-,62+,63+,64?,65+/m1/s1. The van der Waals surface area contributed by atoms with Crippen molar-refractivity contribution in [2.24, 2.45) is 17.8 Å². The molecular weight excluding hydrogens is 1370 g/mol. The molecule has 4 heterocycles. The van der Waals surface area contributed by atoms with Crippen LogP contribution < -0.4 is 25.0 Å². The first-order chi connectivity index (χ1) is 44.1. The zero-order chi connectivity index (χ0) is 65.9. The molecule has 0 unspecified atom stereocenters. The van der Waals surface area contributed by atoms with E-state index in [4.69, 9.17) is 61.7 Å². The van der Waals surface area contributed by atoms with Crippen molar-refractivity contribution in [3.63, 3.8) is 0 Å². The van der Waals surface area contributed by atoms with Gasteiger partial charge in [0.15, 0.2) is 41.8 Å². The van der Waals surface area contributed by atoms with E-state index in [-0.39, 0.29) is 75.9 Å². The molecular formula is C65H87IN2O21S3. The number of allylic oxidation sites excluding steroid dienone is 2. The van der Waals surface area contributed by atoms with Gasteiger partial charge in [-0.15, -0.1) is 0 Å². The number of methoxy groups -OCH3 is 5. The fourth-order valence-electron chi connectivity index (χ4n) is 14.9. The van der Waals surface area contributed by atoms with Crippen molar-refractivity contribution >= 4 is 72.8 Å². The Morgan fingerprint density at radius 1 is 0.815 bits per heavy atom. The van der Waals surface area contributed by atoms with Crippen molar-refractivity contribution in [1.82, 2.24) is 10.8 Å². The fourth-order valence-corrected chi connectivity index (χ4v) is 19.9. The molecule has 6 bridgehead atoms. The summed E-state index contributed by atoms with van der Waals surface area (Å²) in [6, 6.07) is -1.24. The minimum Gasteiger partial charge on any atom is -0.492 e. The van der Waals surface area contributed by atoms with E-state index in [2.05, 4.69) is 34.5 Å². The number of hydrogen-bond donors (Lipinski definition) is 7. The van der Waals surface area contributed by atoms with Gasteiger partial charge in [0.2, 0.25) is 17.2 Å². The summed E-state index contributed by atoms with van der Waals surface area (Å²) in [5, 5.41) is 60.9. The minimum atomic E-state index is -2.01. The highest BCUT2D eigenvalue weighted by molar-refractivity contribution is 14.1. The zero-order valence-electron chi connectivity index (χ0n) is 53.4. The number of nitrogens with one attached hydrogen (secondary N) is 2. The number of fused-ring (bicyclic) bond motifs is 2. The average molecular weight is 1460 g/mol. The number of esters is 1. The summed E-state index contributed by atoms with van der Waals surface area (Å²) in [6.07, 6.45) is -5.17. The molecule has 92 heavy (non-hydrogen) atoms. The average Bonchev–Trinajstić information content (AvgIpc) is 0.769. The fraction of sp³-hybridized carbons (Fsp3) is 0.708. The molecule has 23 nitrogen and oxygen atoms in total. The highest BCUT2D eigenvalue weighted by atomic mass is 127. The smallest absolute Gasteiger partial charge is 0.310 e. The highest BCUT2D eigenvalue weighted by Gasteiger charge is 2.54. The van der Waals surface area contributed by atoms with E-state index in [0.717, 1.165) is 29.5 Å². The molecule has 10 aliphatic rings. The Morgan fingerprint density at radius 3 is 2.16 bits per heavy atom. The molecule has 1 aromatic carbocycles. The van der Waals surface area contributed by atoms with Crippen LogP contribution in [0.4, 0.5) is 0 Å². The molecule has 8 fully saturated rings. The van der Waals surface area contributed by atoms with Crippen LogP contribution in [0.25, 0.3) is 0 Å². The number of Topliss-reactive ketones (excluding diaryl/α,β-unsaturated/α-hetero) is 1. The van der Waals surface area contributed by atoms with E-state index in [9.17, 15) is 39.9 Å². The number of carbonyl (C=O) groups is 3. The summed E-state index contributed by atoms with van der Waals surface area (Å²) in [5.74, 6) is 13.6. The number of rotatable bonds is 23. The Bertz CT molecular complexity index is 3030. The third kappa shape index (κ3) is 15.4. The second-order valence-corrected chi connectivity index (χ2v) is 30.3. The van der Waals surface area contributed by atoms with Gasteiger partial charge in [0, 0.05) is 54.3 Å². The van der Waals surface area contributed by atoms with Crippen LogP contribution in [-0.2, 0) is 57.1 Å². The molecule has 0 radical (unpaired) electrons. The normalized spacial score (nSPS) is 39.8. The maximum Gasteiger partial charge on any atom is 0.310 e. The maximum absolute atomic E-state index is 14.5. The van der Waals surface area contributed by atoms with Crippen LogP contribution in [-0.4, -0.2) is 217 Å². The summed E-state index contributed by atoms with van der Waals surface area (Å²) in [5.41, 5.74) is 1.96. The van der Waals surface area contributed by atoms with Gasteiger partial charge in [-0.1, -0.05) is 70.0 Å². The molecule has 0 aromatic heterocycles. The Hall–Kier alpha value is -3.09. The van der Waals surface area contributed by atoms with Crippen LogP contribution in [0.1, 0.15) is 108 Å². The van der Waals surface area contributed by atoms with Crippen LogP contribution >= 0.6 is 55.9 Å². The van der Waals surface area contributed by atoms with Gasteiger partial charge in [-0.25, -0.2) is 0 Å². The number of ketones is 1. The lowest BCUT2D eigenvalue weighted by molar-refractivity contribution is -0.336. The number of aliphatic hydroxyl groups is 5. The topological polar surface area (TPSA) is 296 Å². The second kappa shape index (κ2) is 31.2. The molecule has 4 saturated heterocycles. The van der Waals surface area contributed by atoms with E-state index >= 15 is 0 Å². The molecule has 0 amide bonds. The van der Waals surface area contributed by atoms with Crippen molar-refractivity contribution in [1.29, 1.82) is 0 Å². The van der Waals surface area contributed by atoms with Crippen LogP contribution in [0, 0.1) is 51.9 Å². The van der Waals surface area contributed by atoms with Crippen LogP contribution in [0.15, 0.2) is 34.9 Å². The molecule has 11 rings (SSSR count). The van der Waals surface area contributed by atoms with Crippen LogP contribution in [0.3, 0.4) is 0 Å². The number of carbonyl (C=O) groups excluding carboxylic acids is 3. The molecule has 6 aliphatic carbocycles. The van der Waals surface area contributed by atoms with Gasteiger partial charge in [-0.2, -0.15) is 5.48 Å². The van der Waals surface area contributed by atoms with Crippen LogP contribution in [0.5, 0.6) is 17.2 Å². The van der Waals surface area contributed by atoms with Crippen molar-refractivity contribution in [3.8, 4) is 40.9 Å². The first-order valence-corrected chi connectivity index (χ1v) is 35.7. The number of hydrogen-bond acceptors (Lipinski definition) is 26. The first kappa shape index (κ1) is 71.7. The Morgan fingerprint density at radius 2 is 1.51 bits per heavy atom. The maximum atomic E-state index is 14.5. The quantitative estimate of drug-likeness (QED) is 0.0186. The van der Waals surface area contributed by atoms with Crippen molar-refractivity contribution in [2.75, 3.05) is 54.5 Å². The molecule has 508 valence electrons. The lowest BCUT2D eigenvalue weighted by Gasteiger charge is -2.56. The van der Waals surface area contributed by atoms with E-state index in [1.165, 1.54) is 79.1 Å². The van der Waals surface area contributed by atoms with Crippen LogP contribution in [0.2, 0.25) is 0 Å². The summed E-state index contributed by atoms with van der Waals surface area (Å²) in [7, 11) is 10.6. The number of hydroxylamine groups is 1. The molecule has 1 aromatic rings. The van der Waals surface area contributed by atoms with E-state index in [1.54, 1.807) is 45.6 Å². The largest absolute Gasteiger partial charge is 0.492 e. The van der Waals surface area contributed by atoms with Gasteiger partial charge in [0.25, 0.3) is 0 Å². The Labute approximate surface area is 563 Å². The summed E-state index contributed by atoms with van der Waals surface area (Å²) < 4.78 is 73.7. The number of ether oxygens (including phenoxy) is 12. The summed E-state index contributed by atoms with van der Waals surface area (Å²) in [6.45, 7) is 9.52. The van der Waals surface area contributed by atoms with Gasteiger partial charge in [0.1, 0.15) is 36.6 Å². The molecule has 0 spiro atoms. The van der Waals surface area contributed by atoms with E-state index in [0.29, 0.717) is 21.4 Å². The highest BCUT2D eigenvalue weighted by Crippen LogP contribution is 2.63. The number of likely N-dealkylation sites (N-methyl/N-ethyl adjacent to an activating group) is 1. The summed E-state index contributed by atoms with van der Waals surface area (Å²) >= 11 is 2.85. The zero-order valence-corrected chi connectivity index (χ0v) is 58.0. The van der Waals surface area contributed by atoms with Crippen molar-refractivity contribution in [3.05, 3.63) is 49.6 Å². The molecule has 7 N–H and O–H groups in total. The van der Waals surface area contributed by atoms with Crippen molar-refractivity contribution < 1.29 is 102 Å². The molecule has 4 aliphatic heterocycles. The minimum absolute atomic E-state index is 0.0328. The first-order valence-electron chi connectivity index (χ1n) is 31.5. The third-order valence-electron chi connectivity index (χ3n) is 19.1. The van der Waals surface area contributed by atoms with Gasteiger partial charge in [-0.05, 0) is 131 Å². The van der Waals surface area contributed by atoms with Gasteiger partial charge < -0.3 is 87.7 Å². The number of benzene rings is 1. The predicted octanol–water partition coefficient (Wildman–Crippen LogP) is 5.14. The Kier molecular flexibility index (Phi) is 24.3. The lowest BCUT2D eigenvalue weighted by atomic mass is 9.56. The summed E-state index contributed by atoms with van der Waals surface area (Å²) in [4.78, 5) is 48.5. The molecule has 4 saturated carbocycles. The number of aliphatic hydroxyl groups excluding tert-OH is 4. The SMILES string of the molecule is CCN[C@H]1CO[C@@H](O[C@H]2[C@H](O[C@H]3C#C/C=C\C#C[C@]4(O)CC(=O)C(CC(=O)OC)=C3/C4=C\CSSC34CC5CC(CC(C5)C3)C4)O[C@H](C)[C@@H](NO[C@H]3C[C@H](O)[C@H](SC(=O)c4c(C)c(I)c(O[C@@H]5O[C@@H](C)[C@H](O)[C@@H](OC)[C@H]5O)c(OC)c4OC)[C@@H](C)O3)[C@@H]2O)C[C@@H]1OC. The van der Waals surface area contributed by atoms with Gasteiger partial charge in [0.05, 0.1) is 97.8 Å². The third-order valence-corrected chi connectivity index (χ3v) is 24.9. The van der Waals surface area contributed by atoms with E-state index in [1.807, 2.05) is 46.4 Å². The molecule has 27 heteroatoms. The predicted molar refractivity (Wildman–Crippen MR) is 348 cm³/mol. The van der Waals surface area contributed by atoms with E-state index < -0.39 is 133 Å². The van der Waals surface area contributed by atoms with Gasteiger partial charge in [-0.3, -0.25) is 19.2 Å². The second-order valence-electron chi connectivity index (χ2n) is 25.3. The Balaban J connectivity index is 0.876. The molecule has 19 atom stereocenters. The lowest BCUT2D eigenvalue weighted by Crippen LogP contribution is -2.65.